The number of likely N-dealkylation sites (tertiary alicyclic amines) is 1. The van der Waals surface area contributed by atoms with Crippen molar-refractivity contribution in [1.29, 1.82) is 0 Å². The van der Waals surface area contributed by atoms with Crippen LogP contribution in [0, 0.1) is 12.8 Å². The van der Waals surface area contributed by atoms with Crippen molar-refractivity contribution in [3.8, 4) is 0 Å². The van der Waals surface area contributed by atoms with Crippen molar-refractivity contribution in [2.75, 3.05) is 19.6 Å². The van der Waals surface area contributed by atoms with Crippen molar-refractivity contribution < 1.29 is 14.4 Å². The standard InChI is InChI=1S/C27H28N4O3S/c1-19-5-2-6-20(17-19)24(32)30-13-9-21(10-14-30)27(22-7-3-12-28-18-22)25(33)31(26(34)29-27)15-11-23-8-4-16-35-23/h2-8,12,16-18,21H,9-11,13-15H2,1H3,(H,29,34)/t27-/m0/s1. The average Bonchev–Trinajstić information content (AvgIpc) is 3.49. The van der Waals surface area contributed by atoms with Crippen LogP contribution < -0.4 is 5.32 Å². The number of hydrogen-bond donors (Lipinski definition) is 1. The van der Waals surface area contributed by atoms with Gasteiger partial charge >= 0.3 is 6.03 Å². The molecule has 0 aliphatic carbocycles. The summed E-state index contributed by atoms with van der Waals surface area (Å²) in [5.74, 6) is -0.367. The van der Waals surface area contributed by atoms with Gasteiger partial charge in [-0.25, -0.2) is 4.79 Å². The van der Waals surface area contributed by atoms with Gasteiger partial charge in [-0.2, -0.15) is 0 Å². The van der Waals surface area contributed by atoms with Gasteiger partial charge in [0.2, 0.25) is 0 Å². The molecule has 2 aromatic heterocycles. The van der Waals surface area contributed by atoms with Gasteiger partial charge < -0.3 is 10.2 Å². The number of aryl methyl sites for hydroxylation is 1. The Balaban J connectivity index is 1.37. The van der Waals surface area contributed by atoms with Crippen molar-refractivity contribution in [2.24, 2.45) is 5.92 Å². The Morgan fingerprint density at radius 1 is 1.14 bits per heavy atom. The molecule has 0 radical (unpaired) electrons. The van der Waals surface area contributed by atoms with Crippen molar-refractivity contribution >= 4 is 29.2 Å². The Labute approximate surface area is 208 Å². The number of nitrogens with zero attached hydrogens (tertiary/aromatic N) is 3. The normalized spacial score (nSPS) is 20.8. The van der Waals surface area contributed by atoms with E-state index in [0.717, 1.165) is 10.4 Å². The highest BCUT2D eigenvalue weighted by atomic mass is 32.1. The molecule has 1 aromatic carbocycles. The molecule has 0 spiro atoms. The lowest BCUT2D eigenvalue weighted by Crippen LogP contribution is -2.54. The number of pyridine rings is 1. The summed E-state index contributed by atoms with van der Waals surface area (Å²) in [6, 6.07) is 14.9. The van der Waals surface area contributed by atoms with Gasteiger partial charge in [-0.05, 0) is 61.7 Å². The molecule has 2 saturated heterocycles. The Morgan fingerprint density at radius 2 is 1.97 bits per heavy atom. The molecule has 2 fully saturated rings. The summed E-state index contributed by atoms with van der Waals surface area (Å²) in [5, 5.41) is 5.06. The highest BCUT2D eigenvalue weighted by Gasteiger charge is 2.57. The number of imide groups is 1. The zero-order valence-corrected chi connectivity index (χ0v) is 20.5. The molecular weight excluding hydrogens is 460 g/mol. The molecule has 2 aliphatic heterocycles. The van der Waals surface area contributed by atoms with E-state index in [1.165, 1.54) is 4.90 Å². The fourth-order valence-corrected chi connectivity index (χ4v) is 5.95. The predicted molar refractivity (Wildman–Crippen MR) is 134 cm³/mol. The molecule has 4 heterocycles. The number of carbonyl (C=O) groups excluding carboxylic acids is 3. The minimum atomic E-state index is -1.17. The van der Waals surface area contributed by atoms with Crippen LogP contribution in [0.1, 0.15) is 39.2 Å². The van der Waals surface area contributed by atoms with Gasteiger partial charge in [-0.1, -0.05) is 29.8 Å². The quantitative estimate of drug-likeness (QED) is 0.532. The number of amides is 4. The fourth-order valence-electron chi connectivity index (χ4n) is 5.25. The number of hydrogen-bond acceptors (Lipinski definition) is 5. The molecule has 180 valence electrons. The maximum atomic E-state index is 13.9. The highest BCUT2D eigenvalue weighted by molar-refractivity contribution is 7.09. The van der Waals surface area contributed by atoms with Crippen LogP contribution in [0.15, 0.2) is 66.3 Å². The van der Waals surface area contributed by atoms with Gasteiger partial charge in [0.1, 0.15) is 0 Å². The molecule has 0 saturated carbocycles. The molecule has 8 heteroatoms. The van der Waals surface area contributed by atoms with E-state index < -0.39 is 5.54 Å². The van der Waals surface area contributed by atoms with Crippen molar-refractivity contribution in [3.05, 3.63) is 87.9 Å². The number of nitrogens with one attached hydrogen (secondary N) is 1. The van der Waals surface area contributed by atoms with E-state index in [2.05, 4.69) is 10.3 Å². The van der Waals surface area contributed by atoms with Gasteiger partial charge in [-0.15, -0.1) is 11.3 Å². The van der Waals surface area contributed by atoms with E-state index in [9.17, 15) is 14.4 Å². The molecule has 35 heavy (non-hydrogen) atoms. The van der Waals surface area contributed by atoms with Crippen LogP contribution in [0.5, 0.6) is 0 Å². The lowest BCUT2D eigenvalue weighted by atomic mass is 9.73. The molecule has 1 N–H and O–H groups in total. The molecule has 7 nitrogen and oxygen atoms in total. The predicted octanol–water partition coefficient (Wildman–Crippen LogP) is 3.99. The van der Waals surface area contributed by atoms with Crippen molar-refractivity contribution in [3.63, 3.8) is 0 Å². The minimum Gasteiger partial charge on any atom is -0.339 e. The topological polar surface area (TPSA) is 82.6 Å². The molecule has 4 amide bonds. The molecule has 2 aliphatic rings. The largest absolute Gasteiger partial charge is 0.339 e. The number of carbonyl (C=O) groups is 3. The van der Waals surface area contributed by atoms with Crippen LogP contribution in [0.3, 0.4) is 0 Å². The van der Waals surface area contributed by atoms with Crippen molar-refractivity contribution in [2.45, 2.75) is 31.7 Å². The molecule has 0 bridgehead atoms. The lowest BCUT2D eigenvalue weighted by Gasteiger charge is -2.41. The van der Waals surface area contributed by atoms with E-state index in [0.29, 0.717) is 50.0 Å². The van der Waals surface area contributed by atoms with Crippen LogP contribution in [-0.4, -0.2) is 52.3 Å². The Hall–Kier alpha value is -3.52. The summed E-state index contributed by atoms with van der Waals surface area (Å²) in [7, 11) is 0. The summed E-state index contributed by atoms with van der Waals surface area (Å²) in [4.78, 5) is 48.6. The first-order valence-electron chi connectivity index (χ1n) is 11.9. The van der Waals surface area contributed by atoms with E-state index in [1.54, 1.807) is 29.8 Å². The lowest BCUT2D eigenvalue weighted by molar-refractivity contribution is -0.134. The van der Waals surface area contributed by atoms with Crippen LogP contribution in [0.4, 0.5) is 4.79 Å². The summed E-state index contributed by atoms with van der Waals surface area (Å²) in [6.07, 6.45) is 5.18. The van der Waals surface area contributed by atoms with Gasteiger partial charge in [0.25, 0.3) is 11.8 Å². The van der Waals surface area contributed by atoms with E-state index >= 15 is 0 Å². The van der Waals surface area contributed by atoms with E-state index in [1.807, 2.05) is 59.7 Å². The SMILES string of the molecule is Cc1cccc(C(=O)N2CCC([C@@]3(c4cccnc4)NC(=O)N(CCc4cccs4)C3=O)CC2)c1. The van der Waals surface area contributed by atoms with Crippen molar-refractivity contribution in [1.82, 2.24) is 20.1 Å². The number of thiophene rings is 1. The fraction of sp³-hybridized carbons (Fsp3) is 0.333. The van der Waals surface area contributed by atoms with Gasteiger partial charge in [-0.3, -0.25) is 19.5 Å². The molecular formula is C27H28N4O3S. The second-order valence-electron chi connectivity index (χ2n) is 9.20. The third-order valence-corrected chi connectivity index (χ3v) is 8.01. The molecule has 5 rings (SSSR count). The van der Waals surface area contributed by atoms with Gasteiger partial charge in [0.15, 0.2) is 5.54 Å². The maximum absolute atomic E-state index is 13.9. The third-order valence-electron chi connectivity index (χ3n) is 7.07. The zero-order chi connectivity index (χ0) is 24.4. The maximum Gasteiger partial charge on any atom is 0.325 e. The average molecular weight is 489 g/mol. The Bertz CT molecular complexity index is 1220. The van der Waals surface area contributed by atoms with E-state index in [4.69, 9.17) is 0 Å². The number of urea groups is 1. The Kier molecular flexibility index (Phi) is 6.38. The number of rotatable bonds is 6. The minimum absolute atomic E-state index is 0.00179. The highest BCUT2D eigenvalue weighted by Crippen LogP contribution is 2.41. The third kappa shape index (κ3) is 4.34. The monoisotopic (exact) mass is 488 g/mol. The molecule has 3 aromatic rings. The summed E-state index contributed by atoms with van der Waals surface area (Å²) >= 11 is 1.62. The van der Waals surface area contributed by atoms with Crippen LogP contribution in [0.2, 0.25) is 0 Å². The number of aromatic nitrogens is 1. The van der Waals surface area contributed by atoms with Gasteiger partial charge in [0.05, 0.1) is 0 Å². The number of benzene rings is 1. The molecule has 0 unspecified atom stereocenters. The van der Waals surface area contributed by atoms with Crippen LogP contribution in [-0.2, 0) is 16.8 Å². The van der Waals surface area contributed by atoms with Crippen LogP contribution >= 0.6 is 11.3 Å². The summed E-state index contributed by atoms with van der Waals surface area (Å²) in [5.41, 5.74) is 1.25. The Morgan fingerprint density at radius 3 is 2.66 bits per heavy atom. The first-order chi connectivity index (χ1) is 17.0. The first-order valence-corrected chi connectivity index (χ1v) is 12.8. The molecule has 1 atom stereocenters. The first kappa shape index (κ1) is 23.2. The second kappa shape index (κ2) is 9.62. The smallest absolute Gasteiger partial charge is 0.325 e. The second-order valence-corrected chi connectivity index (χ2v) is 10.2. The zero-order valence-electron chi connectivity index (χ0n) is 19.6. The van der Waals surface area contributed by atoms with E-state index in [-0.39, 0.29) is 23.8 Å². The van der Waals surface area contributed by atoms with Gasteiger partial charge in [0, 0.05) is 48.0 Å². The number of piperidine rings is 1. The summed E-state index contributed by atoms with van der Waals surface area (Å²) in [6.45, 7) is 3.35. The van der Waals surface area contributed by atoms with Crippen LogP contribution in [0.25, 0.3) is 0 Å². The summed E-state index contributed by atoms with van der Waals surface area (Å²) < 4.78 is 0.